The van der Waals surface area contributed by atoms with E-state index in [-0.39, 0.29) is 10.8 Å². The first-order valence-electron chi connectivity index (χ1n) is 9.27. The fraction of sp³-hybridized carbons (Fsp3) is 0.429. The third kappa shape index (κ3) is 3.34. The molecule has 0 radical (unpaired) electrons. The first-order chi connectivity index (χ1) is 12.8. The Balaban J connectivity index is 1.57. The zero-order valence-corrected chi connectivity index (χ0v) is 17.3. The van der Waals surface area contributed by atoms with E-state index in [1.165, 1.54) is 11.1 Å². The third-order valence-corrected chi connectivity index (χ3v) is 6.04. The smallest absolute Gasteiger partial charge is 0.154 e. The highest BCUT2D eigenvalue weighted by Crippen LogP contribution is 2.35. The van der Waals surface area contributed by atoms with Gasteiger partial charge in [0.1, 0.15) is 10.3 Å². The molecular formula is C21H25N5S. The number of nitrogens with zero attached hydrogens (tertiary/aromatic N) is 5. The summed E-state index contributed by atoms with van der Waals surface area (Å²) >= 11 is 1.67. The summed E-state index contributed by atoms with van der Waals surface area (Å²) in [7, 11) is 0. The molecular weight excluding hydrogens is 354 g/mol. The van der Waals surface area contributed by atoms with Gasteiger partial charge < -0.3 is 0 Å². The van der Waals surface area contributed by atoms with E-state index in [4.69, 9.17) is 0 Å². The monoisotopic (exact) mass is 379 g/mol. The summed E-state index contributed by atoms with van der Waals surface area (Å²) in [5.74, 6) is 0. The van der Waals surface area contributed by atoms with Crippen LogP contribution in [0, 0.1) is 0 Å². The predicted octanol–water partition coefficient (Wildman–Crippen LogP) is 4.94. The van der Waals surface area contributed by atoms with Crippen LogP contribution in [-0.2, 0) is 17.3 Å². The fourth-order valence-corrected chi connectivity index (χ4v) is 4.46. The van der Waals surface area contributed by atoms with Crippen LogP contribution in [0.15, 0.2) is 36.2 Å². The summed E-state index contributed by atoms with van der Waals surface area (Å²) in [6.45, 7) is 11.1. The van der Waals surface area contributed by atoms with E-state index in [9.17, 15) is 0 Å². The van der Waals surface area contributed by atoms with Crippen molar-refractivity contribution in [3.63, 3.8) is 0 Å². The molecule has 4 rings (SSSR count). The van der Waals surface area contributed by atoms with Crippen LogP contribution in [0.3, 0.4) is 0 Å². The third-order valence-electron chi connectivity index (χ3n) is 5.16. The van der Waals surface area contributed by atoms with Crippen molar-refractivity contribution in [3.8, 4) is 0 Å². The Morgan fingerprint density at radius 1 is 1.00 bits per heavy atom. The minimum atomic E-state index is 0.0202. The van der Waals surface area contributed by atoms with Gasteiger partial charge in [-0.15, -0.1) is 11.3 Å². The van der Waals surface area contributed by atoms with Crippen LogP contribution in [0.5, 0.6) is 0 Å². The van der Waals surface area contributed by atoms with Gasteiger partial charge in [0.15, 0.2) is 5.65 Å². The predicted molar refractivity (Wildman–Crippen MR) is 110 cm³/mol. The highest BCUT2D eigenvalue weighted by atomic mass is 32.1. The van der Waals surface area contributed by atoms with Gasteiger partial charge in [0.25, 0.3) is 0 Å². The van der Waals surface area contributed by atoms with Crippen LogP contribution in [0.4, 0.5) is 0 Å². The van der Waals surface area contributed by atoms with Gasteiger partial charge in [-0.1, -0.05) is 34.6 Å². The molecule has 0 amide bonds. The average molecular weight is 380 g/mol. The maximum Gasteiger partial charge on any atom is 0.154 e. The molecule has 0 N–H and O–H groups in total. The van der Waals surface area contributed by atoms with Gasteiger partial charge in [-0.2, -0.15) is 5.10 Å². The molecule has 4 aromatic heterocycles. The van der Waals surface area contributed by atoms with Crippen molar-refractivity contribution in [2.24, 2.45) is 0 Å². The highest BCUT2D eigenvalue weighted by Gasteiger charge is 2.25. The highest BCUT2D eigenvalue weighted by molar-refractivity contribution is 7.16. The van der Waals surface area contributed by atoms with Crippen LogP contribution in [0.1, 0.15) is 57.9 Å². The van der Waals surface area contributed by atoms with Gasteiger partial charge in [0.2, 0.25) is 0 Å². The maximum absolute atomic E-state index is 4.65. The van der Waals surface area contributed by atoms with Crippen molar-refractivity contribution in [3.05, 3.63) is 53.1 Å². The van der Waals surface area contributed by atoms with Gasteiger partial charge in [0, 0.05) is 17.8 Å². The normalized spacial score (nSPS) is 12.9. The molecule has 0 aliphatic carbocycles. The second-order valence-corrected chi connectivity index (χ2v) is 9.63. The number of thiophene rings is 1. The van der Waals surface area contributed by atoms with Gasteiger partial charge in [-0.05, 0) is 40.8 Å². The lowest BCUT2D eigenvalue weighted by Crippen LogP contribution is -2.18. The number of aromatic nitrogens is 5. The van der Waals surface area contributed by atoms with Gasteiger partial charge >= 0.3 is 0 Å². The molecule has 6 heteroatoms. The van der Waals surface area contributed by atoms with Crippen LogP contribution in [-0.4, -0.2) is 24.6 Å². The number of fused-ring (bicyclic) bond motifs is 2. The molecule has 4 aromatic rings. The molecule has 5 nitrogen and oxygen atoms in total. The molecule has 0 bridgehead atoms. The van der Waals surface area contributed by atoms with Crippen molar-refractivity contribution in [1.82, 2.24) is 24.6 Å². The van der Waals surface area contributed by atoms with E-state index in [1.807, 2.05) is 16.9 Å². The Morgan fingerprint density at radius 3 is 2.56 bits per heavy atom. The molecule has 0 aromatic carbocycles. The second-order valence-electron chi connectivity index (χ2n) is 8.77. The Kier molecular flexibility index (Phi) is 4.26. The second kappa shape index (κ2) is 6.37. The minimum absolute atomic E-state index is 0.0202. The Morgan fingerprint density at radius 2 is 1.78 bits per heavy atom. The summed E-state index contributed by atoms with van der Waals surface area (Å²) in [5, 5.41) is 6.86. The van der Waals surface area contributed by atoms with E-state index < -0.39 is 0 Å². The van der Waals surface area contributed by atoms with Crippen molar-refractivity contribution >= 4 is 27.3 Å². The van der Waals surface area contributed by atoms with Crippen molar-refractivity contribution < 1.29 is 0 Å². The largest absolute Gasteiger partial charge is 0.252 e. The van der Waals surface area contributed by atoms with Crippen LogP contribution in [0.25, 0.3) is 16.0 Å². The summed E-state index contributed by atoms with van der Waals surface area (Å²) in [6.07, 6.45) is 9.41. The van der Waals surface area contributed by atoms with E-state index in [2.05, 4.69) is 66.1 Å². The molecule has 0 unspecified atom stereocenters. The fourth-order valence-electron chi connectivity index (χ4n) is 3.40. The number of hydrogen-bond donors (Lipinski definition) is 0. The lowest BCUT2D eigenvalue weighted by molar-refractivity contribution is 0.483. The quantitative estimate of drug-likeness (QED) is 0.504. The first-order valence-corrected chi connectivity index (χ1v) is 10.2. The van der Waals surface area contributed by atoms with Crippen molar-refractivity contribution in [2.75, 3.05) is 0 Å². The first kappa shape index (κ1) is 18.0. The lowest BCUT2D eigenvalue weighted by Gasteiger charge is -2.24. The standard InChI is InChI=1S/C21H25N5S/c1-20(2,3)16-12-24-17-10-14(11-25-26(16)17)6-7-21(4,5)15-13-27-19-18(15)22-8-9-23-19/h8-13H,6-7H2,1-5H3. The molecule has 0 fully saturated rings. The van der Waals surface area contributed by atoms with Gasteiger partial charge in [-0.3, -0.25) is 4.98 Å². The number of rotatable bonds is 4. The average Bonchev–Trinajstić information content (AvgIpc) is 3.23. The van der Waals surface area contributed by atoms with Gasteiger partial charge in [0.05, 0.1) is 18.1 Å². The topological polar surface area (TPSA) is 56.0 Å². The summed E-state index contributed by atoms with van der Waals surface area (Å²) in [4.78, 5) is 14.6. The van der Waals surface area contributed by atoms with Crippen LogP contribution in [0.2, 0.25) is 0 Å². The molecule has 0 aliphatic rings. The Hall–Kier alpha value is -2.34. The minimum Gasteiger partial charge on any atom is -0.252 e. The SMILES string of the molecule is CC(C)(C)c1cnc2cc(CCC(C)(C)c3csc4nccnc34)cnn12. The summed E-state index contributed by atoms with van der Waals surface area (Å²) < 4.78 is 1.95. The molecule has 0 saturated heterocycles. The molecule has 0 aliphatic heterocycles. The van der Waals surface area contributed by atoms with Gasteiger partial charge in [-0.25, -0.2) is 14.5 Å². The van der Waals surface area contributed by atoms with Crippen LogP contribution >= 0.6 is 11.3 Å². The molecule has 4 heterocycles. The zero-order valence-electron chi connectivity index (χ0n) is 16.5. The number of imidazole rings is 1. The summed E-state index contributed by atoms with van der Waals surface area (Å²) in [5.41, 5.74) is 5.62. The van der Waals surface area contributed by atoms with E-state index in [1.54, 1.807) is 23.7 Å². The Labute approximate surface area is 163 Å². The number of aryl methyl sites for hydroxylation is 1. The Bertz CT molecular complexity index is 1100. The molecule has 0 saturated carbocycles. The molecule has 140 valence electrons. The number of hydrogen-bond acceptors (Lipinski definition) is 5. The van der Waals surface area contributed by atoms with E-state index in [0.717, 1.165) is 34.5 Å². The van der Waals surface area contributed by atoms with Crippen molar-refractivity contribution in [1.29, 1.82) is 0 Å². The molecule has 0 spiro atoms. The molecule has 0 atom stereocenters. The molecule has 27 heavy (non-hydrogen) atoms. The summed E-state index contributed by atoms with van der Waals surface area (Å²) in [6, 6.07) is 2.16. The van der Waals surface area contributed by atoms with E-state index >= 15 is 0 Å². The van der Waals surface area contributed by atoms with Crippen LogP contribution < -0.4 is 0 Å². The zero-order chi connectivity index (χ0) is 19.2. The lowest BCUT2D eigenvalue weighted by atomic mass is 9.80. The van der Waals surface area contributed by atoms with Crippen molar-refractivity contribution in [2.45, 2.75) is 58.3 Å². The maximum atomic E-state index is 4.65. The van der Waals surface area contributed by atoms with E-state index in [0.29, 0.717) is 0 Å².